The number of nitrogens with zero attached hydrogens (tertiary/aromatic N) is 2. The third-order valence-corrected chi connectivity index (χ3v) is 3.68. The Hall–Kier alpha value is -1.01. The largest absolute Gasteiger partial charge is 0.392 e. The molecule has 2 atom stereocenters. The van der Waals surface area contributed by atoms with Gasteiger partial charge in [-0.1, -0.05) is 18.2 Å². The Morgan fingerprint density at radius 2 is 1.60 bits per heavy atom. The van der Waals surface area contributed by atoms with E-state index in [1.54, 1.807) is 25.1 Å². The van der Waals surface area contributed by atoms with Crippen molar-refractivity contribution in [1.29, 1.82) is 0 Å². The van der Waals surface area contributed by atoms with E-state index in [0.717, 1.165) is 26.2 Å². The van der Waals surface area contributed by atoms with Crippen LogP contribution >= 0.6 is 0 Å². The molecule has 5 heteroatoms. The molecular formula is C15H23FN2O2. The van der Waals surface area contributed by atoms with Crippen molar-refractivity contribution < 1.29 is 14.6 Å². The molecule has 0 aromatic heterocycles. The second-order valence-electron chi connectivity index (χ2n) is 5.49. The van der Waals surface area contributed by atoms with Gasteiger partial charge in [-0.15, -0.1) is 0 Å². The summed E-state index contributed by atoms with van der Waals surface area (Å²) in [6, 6.07) is 6.37. The van der Waals surface area contributed by atoms with Gasteiger partial charge in [-0.3, -0.25) is 9.80 Å². The van der Waals surface area contributed by atoms with Crippen molar-refractivity contribution >= 4 is 0 Å². The van der Waals surface area contributed by atoms with Crippen LogP contribution in [0.5, 0.6) is 0 Å². The van der Waals surface area contributed by atoms with Crippen molar-refractivity contribution in [2.45, 2.75) is 19.1 Å². The number of halogens is 1. The molecule has 4 nitrogen and oxygen atoms in total. The quantitative estimate of drug-likeness (QED) is 0.841. The summed E-state index contributed by atoms with van der Waals surface area (Å²) in [5, 5.41) is 19.5. The molecular weight excluding hydrogens is 259 g/mol. The monoisotopic (exact) mass is 282 g/mol. The topological polar surface area (TPSA) is 46.9 Å². The molecule has 0 unspecified atom stereocenters. The number of benzene rings is 1. The van der Waals surface area contributed by atoms with E-state index < -0.39 is 6.10 Å². The lowest BCUT2D eigenvalue weighted by Gasteiger charge is -2.36. The second-order valence-corrected chi connectivity index (χ2v) is 5.49. The van der Waals surface area contributed by atoms with Crippen LogP contribution in [0, 0.1) is 5.82 Å². The van der Waals surface area contributed by atoms with Crippen LogP contribution in [0.2, 0.25) is 0 Å². The first-order valence-corrected chi connectivity index (χ1v) is 7.11. The van der Waals surface area contributed by atoms with Crippen molar-refractivity contribution in [3.05, 3.63) is 35.6 Å². The van der Waals surface area contributed by atoms with E-state index in [2.05, 4.69) is 9.80 Å². The summed E-state index contributed by atoms with van der Waals surface area (Å²) in [5.74, 6) is -0.354. The highest BCUT2D eigenvalue weighted by molar-refractivity contribution is 5.20. The summed E-state index contributed by atoms with van der Waals surface area (Å²) in [6.07, 6.45) is -1.11. The summed E-state index contributed by atoms with van der Waals surface area (Å²) in [4.78, 5) is 4.34. The molecule has 1 fully saturated rings. The minimum atomic E-state index is -0.792. The summed E-state index contributed by atoms with van der Waals surface area (Å²) < 4.78 is 13.6. The van der Waals surface area contributed by atoms with Crippen LogP contribution in [0.3, 0.4) is 0 Å². The predicted molar refractivity (Wildman–Crippen MR) is 75.9 cm³/mol. The van der Waals surface area contributed by atoms with Gasteiger partial charge in [0.25, 0.3) is 0 Å². The summed E-state index contributed by atoms with van der Waals surface area (Å²) in [7, 11) is 0. The molecule has 1 aromatic rings. The highest BCUT2D eigenvalue weighted by Gasteiger charge is 2.21. The second kappa shape index (κ2) is 7.13. The summed E-state index contributed by atoms with van der Waals surface area (Å²) >= 11 is 0. The molecule has 2 rings (SSSR count). The molecule has 0 saturated carbocycles. The van der Waals surface area contributed by atoms with Gasteiger partial charge >= 0.3 is 0 Å². The van der Waals surface area contributed by atoms with Gasteiger partial charge in [0.05, 0.1) is 12.2 Å². The molecule has 0 aliphatic carbocycles. The van der Waals surface area contributed by atoms with Gasteiger partial charge in [-0.25, -0.2) is 4.39 Å². The third kappa shape index (κ3) is 4.24. The minimum absolute atomic E-state index is 0.314. The lowest BCUT2D eigenvalue weighted by molar-refractivity contribution is 0.0516. The summed E-state index contributed by atoms with van der Waals surface area (Å²) in [6.45, 7) is 6.32. The highest BCUT2D eigenvalue weighted by atomic mass is 19.1. The van der Waals surface area contributed by atoms with Crippen LogP contribution in [-0.2, 0) is 0 Å². The van der Waals surface area contributed by atoms with E-state index in [9.17, 15) is 14.6 Å². The van der Waals surface area contributed by atoms with E-state index in [4.69, 9.17) is 0 Å². The molecule has 1 heterocycles. The van der Waals surface area contributed by atoms with Crippen LogP contribution in [0.1, 0.15) is 18.6 Å². The molecule has 112 valence electrons. The lowest BCUT2D eigenvalue weighted by atomic mass is 10.1. The van der Waals surface area contributed by atoms with E-state index in [1.807, 2.05) is 0 Å². The van der Waals surface area contributed by atoms with Gasteiger partial charge in [0.2, 0.25) is 0 Å². The van der Waals surface area contributed by atoms with Gasteiger partial charge in [-0.2, -0.15) is 0 Å². The molecule has 0 radical (unpaired) electrons. The Morgan fingerprint density at radius 3 is 2.15 bits per heavy atom. The number of hydrogen-bond donors (Lipinski definition) is 2. The maximum absolute atomic E-state index is 13.6. The first-order valence-electron chi connectivity index (χ1n) is 7.11. The number of β-amino-alcohol motifs (C(OH)–C–C–N with tert-alkyl or cyclic N) is 2. The molecule has 0 amide bonds. The van der Waals surface area contributed by atoms with Crippen LogP contribution < -0.4 is 0 Å². The van der Waals surface area contributed by atoms with Gasteiger partial charge in [0, 0.05) is 44.8 Å². The fraction of sp³-hybridized carbons (Fsp3) is 0.600. The van der Waals surface area contributed by atoms with Gasteiger partial charge in [0.1, 0.15) is 5.82 Å². The van der Waals surface area contributed by atoms with Crippen molar-refractivity contribution in [3.63, 3.8) is 0 Å². The molecule has 1 aromatic carbocycles. The van der Waals surface area contributed by atoms with Crippen LogP contribution in [0.15, 0.2) is 24.3 Å². The van der Waals surface area contributed by atoms with Gasteiger partial charge < -0.3 is 10.2 Å². The third-order valence-electron chi connectivity index (χ3n) is 3.68. The molecule has 0 bridgehead atoms. The minimum Gasteiger partial charge on any atom is -0.392 e. The first-order chi connectivity index (χ1) is 9.56. The van der Waals surface area contributed by atoms with Crippen molar-refractivity contribution in [2.75, 3.05) is 39.3 Å². The number of piperazine rings is 1. The number of rotatable bonds is 5. The van der Waals surface area contributed by atoms with E-state index >= 15 is 0 Å². The zero-order valence-corrected chi connectivity index (χ0v) is 11.9. The standard InChI is InChI=1S/C15H23FN2O2/c1-12(19)10-17-6-8-18(9-7-17)11-15(20)13-4-2-3-5-14(13)16/h2-5,12,15,19-20H,6-11H2,1H3/t12-,15-/m1/s1. The molecule has 0 spiro atoms. The Bertz CT molecular complexity index is 420. The van der Waals surface area contributed by atoms with Gasteiger partial charge in [-0.05, 0) is 13.0 Å². The number of aliphatic hydroxyl groups excluding tert-OH is 2. The molecule has 20 heavy (non-hydrogen) atoms. The van der Waals surface area contributed by atoms with Crippen LogP contribution in [-0.4, -0.2) is 65.4 Å². The maximum Gasteiger partial charge on any atom is 0.129 e. The number of hydrogen-bond acceptors (Lipinski definition) is 4. The fourth-order valence-corrected chi connectivity index (χ4v) is 2.62. The van der Waals surface area contributed by atoms with Crippen molar-refractivity contribution in [2.24, 2.45) is 0 Å². The molecule has 1 aliphatic heterocycles. The number of aliphatic hydroxyl groups is 2. The molecule has 2 N–H and O–H groups in total. The maximum atomic E-state index is 13.6. The fourth-order valence-electron chi connectivity index (χ4n) is 2.62. The zero-order chi connectivity index (χ0) is 14.5. The molecule has 1 saturated heterocycles. The van der Waals surface area contributed by atoms with Crippen LogP contribution in [0.4, 0.5) is 4.39 Å². The van der Waals surface area contributed by atoms with E-state index in [-0.39, 0.29) is 11.9 Å². The van der Waals surface area contributed by atoms with E-state index in [0.29, 0.717) is 18.7 Å². The SMILES string of the molecule is C[C@@H](O)CN1CCN(C[C@@H](O)c2ccccc2F)CC1. The normalized spacial score (nSPS) is 20.8. The Kier molecular flexibility index (Phi) is 5.48. The van der Waals surface area contributed by atoms with E-state index in [1.165, 1.54) is 6.07 Å². The van der Waals surface area contributed by atoms with Crippen molar-refractivity contribution in [1.82, 2.24) is 9.80 Å². The Balaban J connectivity index is 1.82. The lowest BCUT2D eigenvalue weighted by Crippen LogP contribution is -2.49. The smallest absolute Gasteiger partial charge is 0.129 e. The zero-order valence-electron chi connectivity index (χ0n) is 11.9. The first kappa shape index (κ1) is 15.4. The highest BCUT2D eigenvalue weighted by Crippen LogP contribution is 2.18. The predicted octanol–water partition coefficient (Wildman–Crippen LogP) is 0.857. The van der Waals surface area contributed by atoms with Crippen LogP contribution in [0.25, 0.3) is 0 Å². The average Bonchev–Trinajstić information content (AvgIpc) is 2.41. The Labute approximate surface area is 119 Å². The Morgan fingerprint density at radius 1 is 1.05 bits per heavy atom. The summed E-state index contributed by atoms with van der Waals surface area (Å²) in [5.41, 5.74) is 0.360. The van der Waals surface area contributed by atoms with Crippen molar-refractivity contribution in [3.8, 4) is 0 Å². The average molecular weight is 282 g/mol. The van der Waals surface area contributed by atoms with Gasteiger partial charge in [0.15, 0.2) is 0 Å². The molecule has 1 aliphatic rings.